The Kier molecular flexibility index (Phi) is 12.3. The fourth-order valence-electron chi connectivity index (χ4n) is 4.13. The fraction of sp³-hybridized carbons (Fsp3) is 0.444. The highest BCUT2D eigenvalue weighted by atomic mass is 35.5. The van der Waals surface area contributed by atoms with Gasteiger partial charge in [0.25, 0.3) is 5.91 Å². The van der Waals surface area contributed by atoms with E-state index in [9.17, 15) is 19.5 Å². The molecule has 0 spiro atoms. The monoisotopic (exact) mass is 627 g/mol. The summed E-state index contributed by atoms with van der Waals surface area (Å²) in [6.45, 7) is 6.56. The van der Waals surface area contributed by atoms with E-state index in [-0.39, 0.29) is 44.7 Å². The van der Waals surface area contributed by atoms with E-state index < -0.39 is 31.1 Å². The lowest BCUT2D eigenvalue weighted by Crippen LogP contribution is -2.37. The maximum Gasteiger partial charge on any atom is 0.415 e. The molecule has 0 radical (unpaired) electrons. The van der Waals surface area contributed by atoms with Crippen molar-refractivity contribution < 1.29 is 30.4 Å². The van der Waals surface area contributed by atoms with E-state index in [2.05, 4.69) is 20.7 Å². The number of carbonyl (C=O) groups excluding carboxylic acids is 3. The fourth-order valence-corrected chi connectivity index (χ4v) is 4.13. The molecular weight excluding hydrogens is 589 g/mol. The molecule has 2 amide bonds. The van der Waals surface area contributed by atoms with Gasteiger partial charge in [-0.25, -0.2) is 14.3 Å². The predicted molar refractivity (Wildman–Crippen MR) is 162 cm³/mol. The lowest BCUT2D eigenvalue weighted by molar-refractivity contribution is -0.154. The van der Waals surface area contributed by atoms with Crippen LogP contribution in [0.25, 0.3) is 5.52 Å². The molecule has 2 heterocycles. The molecule has 2 aromatic heterocycles. The van der Waals surface area contributed by atoms with E-state index in [1.807, 2.05) is 19.9 Å². The summed E-state index contributed by atoms with van der Waals surface area (Å²) in [5.41, 5.74) is 9.22. The summed E-state index contributed by atoms with van der Waals surface area (Å²) in [4.78, 5) is 42.5. The van der Waals surface area contributed by atoms with Gasteiger partial charge in [0, 0.05) is 37.0 Å². The number of nitrogens with zero attached hydrogens (tertiary/aromatic N) is 4. The maximum absolute atomic E-state index is 12.8. The zero-order valence-corrected chi connectivity index (χ0v) is 25.5. The van der Waals surface area contributed by atoms with Gasteiger partial charge in [-0.15, -0.1) is 24.8 Å². The number of aliphatic hydroxyl groups is 1. The van der Waals surface area contributed by atoms with Crippen LogP contribution in [0.1, 0.15) is 67.8 Å². The highest BCUT2D eigenvalue weighted by molar-refractivity contribution is 5.96. The lowest BCUT2D eigenvalue weighted by Gasteiger charge is -2.27. The number of aryl methyl sites for hydroxylation is 2. The molecule has 0 aliphatic heterocycles. The normalized spacial score (nSPS) is 13.7. The molecule has 1 fully saturated rings. The first-order valence-corrected chi connectivity index (χ1v) is 13.2. The summed E-state index contributed by atoms with van der Waals surface area (Å²) in [7, 11) is 0. The van der Waals surface area contributed by atoms with E-state index in [4.69, 9.17) is 15.2 Å². The number of aliphatic hydroxyl groups excluding tert-OH is 1. The number of fused-ring (bicyclic) bond motifs is 1. The molecule has 13 nitrogen and oxygen atoms in total. The Morgan fingerprint density at radius 2 is 1.95 bits per heavy atom. The molecule has 42 heavy (non-hydrogen) atoms. The van der Waals surface area contributed by atoms with Crippen LogP contribution in [-0.4, -0.2) is 68.0 Å². The molecule has 1 aliphatic rings. The molecule has 1 aromatic carbocycles. The van der Waals surface area contributed by atoms with Gasteiger partial charge in [-0.2, -0.15) is 5.10 Å². The minimum atomic E-state index is -1.37. The van der Waals surface area contributed by atoms with Crippen molar-refractivity contribution in [2.45, 2.75) is 65.3 Å². The zero-order chi connectivity index (χ0) is 29.0. The largest absolute Gasteiger partial charge is 0.427 e. The number of nitrogens with two attached hydrogens (primary N) is 1. The molecule has 0 bridgehead atoms. The van der Waals surface area contributed by atoms with Crippen molar-refractivity contribution in [3.8, 4) is 0 Å². The van der Waals surface area contributed by atoms with Crippen LogP contribution in [0.5, 0.6) is 0 Å². The van der Waals surface area contributed by atoms with Gasteiger partial charge >= 0.3 is 12.1 Å². The van der Waals surface area contributed by atoms with Gasteiger partial charge in [0.2, 0.25) is 6.79 Å². The molecule has 0 saturated heterocycles. The standard InChI is InChI=1S/C27H35N7O6.2ClH.H2/c1-5-10-33(27(38)40-14-39-26(37)17(4)28)25(36)20-12-34-22(16(20)3)23(29-13-30-34)32-21-11-18(7-6-15(21)2)24(35)31-19-8-9-19;;;/h6-7,11-13,17,19,25,36H,5,8-10,14,28H2,1-4H3,(H,31,35)(H,29,30,32);3*1H/t17-,25?;;;/m0.../s1. The lowest BCUT2D eigenvalue weighted by atomic mass is 10.1. The van der Waals surface area contributed by atoms with Gasteiger partial charge in [-0.05, 0) is 63.3 Å². The minimum Gasteiger partial charge on any atom is -0.427 e. The molecule has 4 rings (SSSR count). The second-order valence-electron chi connectivity index (χ2n) is 9.86. The van der Waals surface area contributed by atoms with Gasteiger partial charge in [0.05, 0.1) is 0 Å². The number of nitrogens with one attached hydrogen (secondary N) is 2. The van der Waals surface area contributed by atoms with Crippen molar-refractivity contribution in [2.24, 2.45) is 5.73 Å². The number of carbonyl (C=O) groups is 3. The third-order valence-electron chi connectivity index (χ3n) is 6.56. The Balaban J connectivity index is 0.00000308. The Hall–Kier alpha value is -3.65. The first-order valence-electron chi connectivity index (χ1n) is 13.2. The van der Waals surface area contributed by atoms with Crippen LogP contribution in [0.2, 0.25) is 0 Å². The van der Waals surface area contributed by atoms with Crippen LogP contribution in [0.4, 0.5) is 16.3 Å². The van der Waals surface area contributed by atoms with Gasteiger partial charge in [-0.3, -0.25) is 14.5 Å². The van der Waals surface area contributed by atoms with E-state index in [0.29, 0.717) is 40.1 Å². The summed E-state index contributed by atoms with van der Waals surface area (Å²) >= 11 is 0. The van der Waals surface area contributed by atoms with Crippen molar-refractivity contribution >= 4 is 59.8 Å². The van der Waals surface area contributed by atoms with E-state index in [1.54, 1.807) is 29.8 Å². The first kappa shape index (κ1) is 34.6. The van der Waals surface area contributed by atoms with Gasteiger partial charge in [0.15, 0.2) is 12.0 Å². The van der Waals surface area contributed by atoms with Crippen molar-refractivity contribution in [3.05, 3.63) is 53.0 Å². The Bertz CT molecular complexity index is 1420. The predicted octanol–water partition coefficient (Wildman–Crippen LogP) is 3.76. The van der Waals surface area contributed by atoms with Crippen LogP contribution in [-0.2, 0) is 14.3 Å². The number of benzene rings is 1. The molecule has 2 atom stereocenters. The first-order chi connectivity index (χ1) is 19.1. The number of hydrogen-bond acceptors (Lipinski definition) is 10. The molecule has 15 heteroatoms. The van der Waals surface area contributed by atoms with Crippen molar-refractivity contribution in [3.63, 3.8) is 0 Å². The van der Waals surface area contributed by atoms with Crippen LogP contribution >= 0.6 is 24.8 Å². The summed E-state index contributed by atoms with van der Waals surface area (Å²) in [5.74, 6) is -0.382. The Morgan fingerprint density at radius 1 is 1.24 bits per heavy atom. The van der Waals surface area contributed by atoms with Gasteiger partial charge < -0.3 is 30.9 Å². The summed E-state index contributed by atoms with van der Waals surface area (Å²) in [6, 6.07) is 4.81. The molecule has 1 saturated carbocycles. The average molecular weight is 629 g/mol. The molecule has 5 N–H and O–H groups in total. The maximum atomic E-state index is 12.8. The van der Waals surface area contributed by atoms with Crippen LogP contribution in [0, 0.1) is 13.8 Å². The number of hydrogen-bond donors (Lipinski definition) is 4. The van der Waals surface area contributed by atoms with E-state index >= 15 is 0 Å². The second kappa shape index (κ2) is 15.0. The average Bonchev–Trinajstić information content (AvgIpc) is 3.67. The number of halogens is 2. The van der Waals surface area contributed by atoms with E-state index in [0.717, 1.165) is 23.3 Å². The summed E-state index contributed by atoms with van der Waals surface area (Å²) < 4.78 is 11.4. The minimum absolute atomic E-state index is 0. The van der Waals surface area contributed by atoms with Crippen molar-refractivity contribution in [1.82, 2.24) is 24.8 Å². The topological polar surface area (TPSA) is 173 Å². The molecule has 232 valence electrons. The van der Waals surface area contributed by atoms with E-state index in [1.165, 1.54) is 13.3 Å². The molecule has 1 aliphatic carbocycles. The van der Waals surface area contributed by atoms with Gasteiger partial charge in [-0.1, -0.05) is 13.0 Å². The summed E-state index contributed by atoms with van der Waals surface area (Å²) in [5, 5.41) is 21.8. The number of esters is 1. The number of ether oxygens (including phenoxy) is 2. The zero-order valence-electron chi connectivity index (χ0n) is 23.8. The highest BCUT2D eigenvalue weighted by Crippen LogP contribution is 2.31. The Morgan fingerprint density at radius 3 is 2.60 bits per heavy atom. The quantitative estimate of drug-likeness (QED) is 0.181. The summed E-state index contributed by atoms with van der Waals surface area (Å²) in [6.07, 6.45) is 3.28. The van der Waals surface area contributed by atoms with Crippen LogP contribution in [0.15, 0.2) is 30.7 Å². The molecular formula is C27H39Cl2N7O6. The number of anilines is 2. The van der Waals surface area contributed by atoms with Crippen LogP contribution < -0.4 is 16.4 Å². The van der Waals surface area contributed by atoms with Crippen LogP contribution in [0.3, 0.4) is 0 Å². The highest BCUT2D eigenvalue weighted by Gasteiger charge is 2.28. The smallest absolute Gasteiger partial charge is 0.415 e. The van der Waals surface area contributed by atoms with Crippen molar-refractivity contribution in [2.75, 3.05) is 18.7 Å². The third-order valence-corrected chi connectivity index (χ3v) is 6.56. The molecule has 3 aromatic rings. The number of aromatic nitrogens is 3. The van der Waals surface area contributed by atoms with Crippen molar-refractivity contribution in [1.29, 1.82) is 0 Å². The molecule has 1 unspecified atom stereocenters. The Labute approximate surface area is 257 Å². The van der Waals surface area contributed by atoms with Gasteiger partial charge in [0.1, 0.15) is 17.9 Å². The number of rotatable bonds is 11. The third kappa shape index (κ3) is 8.00. The number of amides is 2. The second-order valence-corrected chi connectivity index (χ2v) is 9.86. The SMILES string of the molecule is CCCN(C(=O)OCOC(=O)[C@H](C)N)C(O)c1cn2ncnc(Nc3cc(C(=O)NC4CC4)ccc3C)c2c1C.Cl.Cl.[HH].